The molecule has 0 aliphatic rings. The van der Waals surface area contributed by atoms with E-state index in [9.17, 15) is 18.8 Å². The van der Waals surface area contributed by atoms with Crippen molar-refractivity contribution in [3.63, 3.8) is 0 Å². The van der Waals surface area contributed by atoms with Gasteiger partial charge >= 0.3 is 12.0 Å². The Kier molecular flexibility index (Phi) is 5.65. The van der Waals surface area contributed by atoms with Crippen molar-refractivity contribution in [3.05, 3.63) is 30.1 Å². The first-order chi connectivity index (χ1) is 9.85. The molecule has 8 heteroatoms. The van der Waals surface area contributed by atoms with Crippen molar-refractivity contribution >= 4 is 23.6 Å². The van der Waals surface area contributed by atoms with Gasteiger partial charge in [0.05, 0.1) is 6.42 Å². The molecule has 4 N–H and O–H groups in total. The van der Waals surface area contributed by atoms with Crippen molar-refractivity contribution in [2.24, 2.45) is 5.73 Å². The average molecular weight is 297 g/mol. The highest BCUT2D eigenvalue weighted by Gasteiger charge is 2.25. The van der Waals surface area contributed by atoms with E-state index in [1.54, 1.807) is 6.92 Å². The number of nitrogens with zero attached hydrogens (tertiary/aromatic N) is 1. The first kappa shape index (κ1) is 16.4. The number of anilines is 1. The van der Waals surface area contributed by atoms with Crippen LogP contribution in [-0.4, -0.2) is 35.6 Å². The van der Waals surface area contributed by atoms with E-state index in [-0.39, 0.29) is 12.2 Å². The first-order valence-electron chi connectivity index (χ1n) is 6.19. The average Bonchev–Trinajstić information content (AvgIpc) is 2.38. The molecule has 0 bridgehead atoms. The molecular weight excluding hydrogens is 281 g/mol. The minimum Gasteiger partial charge on any atom is -0.480 e. The summed E-state index contributed by atoms with van der Waals surface area (Å²) in [5.74, 6) is -2.75. The van der Waals surface area contributed by atoms with Crippen LogP contribution >= 0.6 is 0 Å². The van der Waals surface area contributed by atoms with Gasteiger partial charge in [-0.3, -0.25) is 9.69 Å². The van der Waals surface area contributed by atoms with E-state index < -0.39 is 36.2 Å². The number of rotatable bonds is 6. The summed E-state index contributed by atoms with van der Waals surface area (Å²) in [6.45, 7) is 1.84. The number of primary amides is 1. The van der Waals surface area contributed by atoms with Crippen molar-refractivity contribution in [2.45, 2.75) is 19.4 Å². The molecule has 0 fully saturated rings. The summed E-state index contributed by atoms with van der Waals surface area (Å²) in [7, 11) is 0. The molecule has 0 heterocycles. The van der Waals surface area contributed by atoms with Gasteiger partial charge in [-0.15, -0.1) is 0 Å². The fourth-order valence-electron chi connectivity index (χ4n) is 1.72. The molecule has 7 nitrogen and oxygen atoms in total. The number of nitrogens with one attached hydrogen (secondary N) is 1. The molecule has 21 heavy (non-hydrogen) atoms. The van der Waals surface area contributed by atoms with Crippen LogP contribution in [0.25, 0.3) is 0 Å². The SMILES string of the molecule is CCN(C(=O)N[C@@H](CC(N)=O)C(=O)O)c1cccc(F)c1. The minimum absolute atomic E-state index is 0.193. The zero-order chi connectivity index (χ0) is 16.0. The third kappa shape index (κ3) is 4.75. The number of carbonyl (C=O) groups is 3. The van der Waals surface area contributed by atoms with E-state index in [0.717, 1.165) is 11.0 Å². The summed E-state index contributed by atoms with van der Waals surface area (Å²) in [5.41, 5.74) is 5.21. The van der Waals surface area contributed by atoms with Gasteiger partial charge in [0.25, 0.3) is 0 Å². The molecule has 1 rings (SSSR count). The lowest BCUT2D eigenvalue weighted by molar-refractivity contribution is -0.140. The van der Waals surface area contributed by atoms with Crippen LogP contribution in [0.1, 0.15) is 13.3 Å². The van der Waals surface area contributed by atoms with E-state index in [1.807, 2.05) is 0 Å². The second-order valence-electron chi connectivity index (χ2n) is 4.23. The summed E-state index contributed by atoms with van der Waals surface area (Å²) in [4.78, 5) is 35.0. The summed E-state index contributed by atoms with van der Waals surface area (Å²) in [6.07, 6.45) is -0.526. The Labute approximate surface area is 120 Å². The molecule has 1 aromatic rings. The second kappa shape index (κ2) is 7.22. The molecule has 1 atom stereocenters. The van der Waals surface area contributed by atoms with Crippen LogP contribution in [0.5, 0.6) is 0 Å². The predicted molar refractivity (Wildman–Crippen MR) is 73.2 cm³/mol. The lowest BCUT2D eigenvalue weighted by Crippen LogP contribution is -2.49. The maximum Gasteiger partial charge on any atom is 0.326 e. The van der Waals surface area contributed by atoms with Crippen molar-refractivity contribution in [2.75, 3.05) is 11.4 Å². The van der Waals surface area contributed by atoms with Crippen molar-refractivity contribution in [1.29, 1.82) is 0 Å². The molecule has 0 aliphatic carbocycles. The van der Waals surface area contributed by atoms with Crippen molar-refractivity contribution < 1.29 is 23.9 Å². The van der Waals surface area contributed by atoms with Gasteiger partial charge in [-0.05, 0) is 25.1 Å². The Balaban J connectivity index is 2.88. The van der Waals surface area contributed by atoms with Crippen LogP contribution in [0.4, 0.5) is 14.9 Å². The maximum atomic E-state index is 13.2. The highest BCUT2D eigenvalue weighted by Crippen LogP contribution is 2.15. The number of carboxylic acid groups (broad SMARTS) is 1. The summed E-state index contributed by atoms with van der Waals surface area (Å²) in [6, 6.07) is 3.12. The Bertz CT molecular complexity index is 550. The van der Waals surface area contributed by atoms with E-state index in [2.05, 4.69) is 5.32 Å². The van der Waals surface area contributed by atoms with Gasteiger partial charge in [0, 0.05) is 12.2 Å². The largest absolute Gasteiger partial charge is 0.480 e. The summed E-state index contributed by atoms with van der Waals surface area (Å²) >= 11 is 0. The zero-order valence-corrected chi connectivity index (χ0v) is 11.4. The highest BCUT2D eigenvalue weighted by molar-refractivity contribution is 5.95. The Morgan fingerprint density at radius 3 is 2.57 bits per heavy atom. The quantitative estimate of drug-likeness (QED) is 0.717. The number of carbonyl (C=O) groups excluding carboxylic acids is 2. The monoisotopic (exact) mass is 297 g/mol. The fourth-order valence-corrected chi connectivity index (χ4v) is 1.72. The summed E-state index contributed by atoms with van der Waals surface area (Å²) in [5, 5.41) is 11.1. The molecule has 0 saturated carbocycles. The highest BCUT2D eigenvalue weighted by atomic mass is 19.1. The van der Waals surface area contributed by atoms with Gasteiger partial charge in [-0.25, -0.2) is 14.0 Å². The first-order valence-corrected chi connectivity index (χ1v) is 6.19. The van der Waals surface area contributed by atoms with Crippen LogP contribution in [0.3, 0.4) is 0 Å². The number of benzene rings is 1. The normalized spacial score (nSPS) is 11.5. The molecule has 0 aromatic heterocycles. The van der Waals surface area contributed by atoms with Crippen LogP contribution < -0.4 is 16.0 Å². The fraction of sp³-hybridized carbons (Fsp3) is 0.308. The van der Waals surface area contributed by atoms with Crippen LogP contribution in [0.15, 0.2) is 24.3 Å². The molecule has 0 saturated heterocycles. The van der Waals surface area contributed by atoms with Gasteiger partial charge in [0.1, 0.15) is 11.9 Å². The maximum absolute atomic E-state index is 13.2. The predicted octanol–water partition coefficient (Wildman–Crippen LogP) is 0.690. The number of amides is 3. The lowest BCUT2D eigenvalue weighted by atomic mass is 10.2. The number of hydrogen-bond donors (Lipinski definition) is 3. The van der Waals surface area contributed by atoms with Gasteiger partial charge < -0.3 is 16.2 Å². The standard InChI is InChI=1S/C13H16FN3O4/c1-2-17(9-5-3-4-8(14)6-9)13(21)16-10(12(19)20)7-11(15)18/h3-6,10H,2,7H2,1H3,(H2,15,18)(H,16,21)(H,19,20)/t10-/m0/s1. The van der Waals surface area contributed by atoms with Gasteiger partial charge in [-0.1, -0.05) is 6.07 Å². The summed E-state index contributed by atoms with van der Waals surface area (Å²) < 4.78 is 13.2. The number of carboxylic acids is 1. The Morgan fingerprint density at radius 1 is 1.43 bits per heavy atom. The minimum atomic E-state index is -1.43. The molecule has 0 unspecified atom stereocenters. The van der Waals surface area contributed by atoms with Gasteiger partial charge in [-0.2, -0.15) is 0 Å². The molecule has 3 amide bonds. The van der Waals surface area contributed by atoms with Crippen LogP contribution in [0, 0.1) is 5.82 Å². The van der Waals surface area contributed by atoms with Crippen molar-refractivity contribution in [3.8, 4) is 0 Å². The van der Waals surface area contributed by atoms with Crippen LogP contribution in [-0.2, 0) is 9.59 Å². The van der Waals surface area contributed by atoms with Crippen LogP contribution in [0.2, 0.25) is 0 Å². The van der Waals surface area contributed by atoms with Crippen molar-refractivity contribution in [1.82, 2.24) is 5.32 Å². The number of halogens is 1. The molecule has 0 aliphatic heterocycles. The number of urea groups is 1. The topological polar surface area (TPSA) is 113 Å². The van der Waals surface area contributed by atoms with Gasteiger partial charge in [0.15, 0.2) is 0 Å². The Morgan fingerprint density at radius 2 is 2.10 bits per heavy atom. The molecule has 0 spiro atoms. The number of hydrogen-bond acceptors (Lipinski definition) is 3. The van der Waals surface area contributed by atoms with E-state index in [1.165, 1.54) is 18.2 Å². The molecule has 0 radical (unpaired) electrons. The number of aliphatic carboxylic acids is 1. The lowest BCUT2D eigenvalue weighted by Gasteiger charge is -2.23. The van der Waals surface area contributed by atoms with E-state index >= 15 is 0 Å². The Hall–Kier alpha value is -2.64. The molecule has 114 valence electrons. The molecular formula is C13H16FN3O4. The second-order valence-corrected chi connectivity index (χ2v) is 4.23. The third-order valence-corrected chi connectivity index (χ3v) is 2.68. The number of nitrogens with two attached hydrogens (primary N) is 1. The smallest absolute Gasteiger partial charge is 0.326 e. The van der Waals surface area contributed by atoms with E-state index in [0.29, 0.717) is 0 Å². The van der Waals surface area contributed by atoms with E-state index in [4.69, 9.17) is 10.8 Å². The molecule has 1 aromatic carbocycles. The van der Waals surface area contributed by atoms with Gasteiger partial charge in [0.2, 0.25) is 5.91 Å². The third-order valence-electron chi connectivity index (χ3n) is 2.68. The zero-order valence-electron chi connectivity index (χ0n) is 11.4.